The van der Waals surface area contributed by atoms with E-state index in [1.807, 2.05) is 13.1 Å². The zero-order valence-electron chi connectivity index (χ0n) is 12.5. The first kappa shape index (κ1) is 13.8. The fourth-order valence-corrected chi connectivity index (χ4v) is 2.90. The number of nitrogens with zero attached hydrogens (tertiary/aromatic N) is 3. The van der Waals surface area contributed by atoms with Crippen molar-refractivity contribution in [3.05, 3.63) is 41.5 Å². The monoisotopic (exact) mass is 286 g/mol. The van der Waals surface area contributed by atoms with Crippen LogP contribution in [-0.2, 0) is 6.42 Å². The Morgan fingerprint density at radius 1 is 1.29 bits per heavy atom. The summed E-state index contributed by atoms with van der Waals surface area (Å²) in [6.45, 7) is 5.05. The minimum Gasteiger partial charge on any atom is -0.373 e. The number of hydrogen-bond donors (Lipinski definition) is 1. The predicted octanol–water partition coefficient (Wildman–Crippen LogP) is 3.48. The molecule has 0 atom stereocenters. The molecule has 2 aromatic rings. The number of benzene rings is 1. The number of nitrogens with one attached hydrogen (secondary N) is 1. The van der Waals surface area contributed by atoms with Gasteiger partial charge in [-0.2, -0.15) is 0 Å². The first-order valence-electron chi connectivity index (χ1n) is 7.20. The highest BCUT2D eigenvalue weighted by molar-refractivity contribution is 5.72. The second-order valence-corrected chi connectivity index (χ2v) is 5.54. The lowest BCUT2D eigenvalue weighted by Crippen LogP contribution is -2.19. The van der Waals surface area contributed by atoms with Gasteiger partial charge in [0.05, 0.1) is 0 Å². The second-order valence-electron chi connectivity index (χ2n) is 5.54. The lowest BCUT2D eigenvalue weighted by atomic mass is 10.0. The summed E-state index contributed by atoms with van der Waals surface area (Å²) in [6, 6.07) is 4.97. The summed E-state index contributed by atoms with van der Waals surface area (Å²) in [5, 5.41) is 3.12. The third-order valence-electron chi connectivity index (χ3n) is 3.88. The maximum Gasteiger partial charge on any atom is 0.142 e. The zero-order chi connectivity index (χ0) is 15.0. The van der Waals surface area contributed by atoms with Crippen LogP contribution in [0.25, 0.3) is 0 Å². The normalized spacial score (nSPS) is 13.7. The molecule has 5 heteroatoms. The molecule has 0 spiro atoms. The lowest BCUT2D eigenvalue weighted by molar-refractivity contribution is 0.628. The lowest BCUT2D eigenvalue weighted by Gasteiger charge is -2.24. The van der Waals surface area contributed by atoms with E-state index in [0.29, 0.717) is 0 Å². The van der Waals surface area contributed by atoms with Crippen LogP contribution in [0.2, 0.25) is 0 Å². The van der Waals surface area contributed by atoms with Crippen molar-refractivity contribution < 1.29 is 4.39 Å². The molecule has 3 rings (SSSR count). The molecule has 0 aliphatic carbocycles. The molecule has 4 nitrogen and oxygen atoms in total. The highest BCUT2D eigenvalue weighted by Gasteiger charge is 2.26. The number of fused-ring (bicyclic) bond motifs is 1. The summed E-state index contributed by atoms with van der Waals surface area (Å²) < 4.78 is 13.6. The van der Waals surface area contributed by atoms with Crippen LogP contribution in [0, 0.1) is 5.82 Å². The van der Waals surface area contributed by atoms with Crippen molar-refractivity contribution in [3.8, 4) is 0 Å². The minimum atomic E-state index is -0.213. The molecule has 1 aromatic heterocycles. The van der Waals surface area contributed by atoms with Gasteiger partial charge in [-0.25, -0.2) is 14.4 Å². The van der Waals surface area contributed by atoms with Crippen molar-refractivity contribution in [2.75, 3.05) is 23.8 Å². The van der Waals surface area contributed by atoms with E-state index in [1.165, 1.54) is 6.07 Å². The molecule has 0 saturated carbocycles. The molecule has 0 amide bonds. The molecule has 0 bridgehead atoms. The largest absolute Gasteiger partial charge is 0.373 e. The molecule has 21 heavy (non-hydrogen) atoms. The molecule has 1 aliphatic rings. The van der Waals surface area contributed by atoms with E-state index in [4.69, 9.17) is 0 Å². The molecule has 0 radical (unpaired) electrons. The van der Waals surface area contributed by atoms with Crippen LogP contribution in [0.5, 0.6) is 0 Å². The highest BCUT2D eigenvalue weighted by Crippen LogP contribution is 2.39. The summed E-state index contributed by atoms with van der Waals surface area (Å²) in [6.07, 6.45) is 2.47. The van der Waals surface area contributed by atoms with E-state index in [9.17, 15) is 4.39 Å². The summed E-state index contributed by atoms with van der Waals surface area (Å²) in [5.41, 5.74) is 3.14. The number of hydrogen-bond acceptors (Lipinski definition) is 4. The average molecular weight is 286 g/mol. The van der Waals surface area contributed by atoms with Crippen molar-refractivity contribution in [3.63, 3.8) is 0 Å². The fourth-order valence-electron chi connectivity index (χ4n) is 2.90. The van der Waals surface area contributed by atoms with E-state index in [1.54, 1.807) is 12.4 Å². The van der Waals surface area contributed by atoms with Crippen molar-refractivity contribution in [2.24, 2.45) is 0 Å². The van der Waals surface area contributed by atoms with Gasteiger partial charge in [0, 0.05) is 24.8 Å². The Balaban J connectivity index is 2.13. The Labute approximate surface area is 124 Å². The van der Waals surface area contributed by atoms with Crippen molar-refractivity contribution in [2.45, 2.75) is 26.2 Å². The van der Waals surface area contributed by atoms with Crippen LogP contribution in [0.4, 0.5) is 21.7 Å². The maximum absolute atomic E-state index is 13.6. The third kappa shape index (κ3) is 2.33. The Hall–Kier alpha value is -2.17. The standard InChI is InChI=1S/C16H19FN4/c1-10(2)14-15(18-3)19-9-20-16(14)21-7-6-11-4-5-12(17)8-13(11)21/h4-5,8-10H,6-7H2,1-3H3,(H,18,19,20). The highest BCUT2D eigenvalue weighted by atomic mass is 19.1. The summed E-state index contributed by atoms with van der Waals surface area (Å²) in [7, 11) is 1.86. The summed E-state index contributed by atoms with van der Waals surface area (Å²) in [4.78, 5) is 10.9. The van der Waals surface area contributed by atoms with Gasteiger partial charge in [0.25, 0.3) is 0 Å². The van der Waals surface area contributed by atoms with Crippen LogP contribution in [-0.4, -0.2) is 23.6 Å². The Morgan fingerprint density at radius 2 is 2.10 bits per heavy atom. The zero-order valence-corrected chi connectivity index (χ0v) is 12.5. The van der Waals surface area contributed by atoms with E-state index in [0.717, 1.165) is 41.4 Å². The molecule has 0 saturated heterocycles. The molecular weight excluding hydrogens is 267 g/mol. The molecule has 1 aromatic carbocycles. The predicted molar refractivity (Wildman–Crippen MR) is 82.8 cm³/mol. The van der Waals surface area contributed by atoms with Crippen molar-refractivity contribution in [1.82, 2.24) is 9.97 Å². The number of aromatic nitrogens is 2. The van der Waals surface area contributed by atoms with Crippen molar-refractivity contribution in [1.29, 1.82) is 0 Å². The van der Waals surface area contributed by atoms with Gasteiger partial charge in [0.15, 0.2) is 0 Å². The Morgan fingerprint density at radius 3 is 2.81 bits per heavy atom. The summed E-state index contributed by atoms with van der Waals surface area (Å²) >= 11 is 0. The van der Waals surface area contributed by atoms with Crippen LogP contribution in [0.3, 0.4) is 0 Å². The average Bonchev–Trinajstić information content (AvgIpc) is 2.89. The van der Waals surface area contributed by atoms with E-state index >= 15 is 0 Å². The molecule has 110 valence electrons. The quantitative estimate of drug-likeness (QED) is 0.938. The topological polar surface area (TPSA) is 41.1 Å². The second kappa shape index (κ2) is 5.31. The van der Waals surface area contributed by atoms with E-state index in [-0.39, 0.29) is 11.7 Å². The minimum absolute atomic E-state index is 0.213. The van der Waals surface area contributed by atoms with Gasteiger partial charge in [0.2, 0.25) is 0 Å². The molecule has 0 fully saturated rings. The number of halogens is 1. The van der Waals surface area contributed by atoms with Gasteiger partial charge in [-0.3, -0.25) is 0 Å². The molecule has 1 aliphatic heterocycles. The SMILES string of the molecule is CNc1ncnc(N2CCc3ccc(F)cc32)c1C(C)C. The smallest absolute Gasteiger partial charge is 0.142 e. The van der Waals surface area contributed by atoms with Gasteiger partial charge >= 0.3 is 0 Å². The van der Waals surface area contributed by atoms with Gasteiger partial charge in [-0.1, -0.05) is 19.9 Å². The molecule has 0 unspecified atom stereocenters. The van der Waals surface area contributed by atoms with Gasteiger partial charge in [-0.15, -0.1) is 0 Å². The third-order valence-corrected chi connectivity index (χ3v) is 3.88. The summed E-state index contributed by atoms with van der Waals surface area (Å²) in [5.74, 6) is 1.77. The first-order valence-corrected chi connectivity index (χ1v) is 7.20. The Kier molecular flexibility index (Phi) is 3.49. The van der Waals surface area contributed by atoms with Crippen LogP contribution < -0.4 is 10.2 Å². The van der Waals surface area contributed by atoms with Gasteiger partial charge in [0.1, 0.15) is 23.8 Å². The first-order chi connectivity index (χ1) is 10.1. The molecule has 2 heterocycles. The van der Waals surface area contributed by atoms with Gasteiger partial charge in [-0.05, 0) is 30.0 Å². The fraction of sp³-hybridized carbons (Fsp3) is 0.375. The van der Waals surface area contributed by atoms with E-state index < -0.39 is 0 Å². The molecular formula is C16H19FN4. The van der Waals surface area contributed by atoms with Crippen LogP contribution in [0.15, 0.2) is 24.5 Å². The maximum atomic E-state index is 13.6. The van der Waals surface area contributed by atoms with Crippen LogP contribution in [0.1, 0.15) is 30.9 Å². The number of anilines is 3. The van der Waals surface area contributed by atoms with Gasteiger partial charge < -0.3 is 10.2 Å². The Bertz CT molecular complexity index is 669. The van der Waals surface area contributed by atoms with Crippen molar-refractivity contribution >= 4 is 17.3 Å². The number of rotatable bonds is 3. The van der Waals surface area contributed by atoms with E-state index in [2.05, 4.69) is 34.0 Å². The van der Waals surface area contributed by atoms with Crippen LogP contribution >= 0.6 is 0 Å². The molecule has 1 N–H and O–H groups in total.